The Hall–Kier alpha value is -3.06. The van der Waals surface area contributed by atoms with E-state index in [0.717, 1.165) is 31.9 Å². The van der Waals surface area contributed by atoms with Crippen LogP contribution in [0.2, 0.25) is 0 Å². The van der Waals surface area contributed by atoms with E-state index in [2.05, 4.69) is 22.3 Å². The number of hydrogen-bond acceptors (Lipinski definition) is 4. The van der Waals surface area contributed by atoms with Gasteiger partial charge in [-0.1, -0.05) is 6.07 Å². The zero-order valence-corrected chi connectivity index (χ0v) is 18.7. The second kappa shape index (κ2) is 10.8. The van der Waals surface area contributed by atoms with Gasteiger partial charge in [0.2, 0.25) is 0 Å². The Morgan fingerprint density at radius 2 is 1.74 bits per heavy atom. The molecule has 0 atom stereocenters. The molecule has 7 heteroatoms. The average Bonchev–Trinajstić information content (AvgIpc) is 2.80. The van der Waals surface area contributed by atoms with Gasteiger partial charge in [0.15, 0.2) is 6.54 Å². The van der Waals surface area contributed by atoms with Crippen molar-refractivity contribution in [3.05, 3.63) is 54.1 Å². The third kappa shape index (κ3) is 5.98. The lowest BCUT2D eigenvalue weighted by Gasteiger charge is -2.33. The van der Waals surface area contributed by atoms with Gasteiger partial charge in [-0.2, -0.15) is 0 Å². The van der Waals surface area contributed by atoms with E-state index in [9.17, 15) is 9.59 Å². The predicted molar refractivity (Wildman–Crippen MR) is 123 cm³/mol. The highest BCUT2D eigenvalue weighted by atomic mass is 16.5. The number of hydrogen-bond donors (Lipinski definition) is 2. The SMILES string of the molecule is CCN(CC)C(=O)c1cccc(NC(=O)C[NH+]2CCN(c3ccc(OC)cc3)CC2)c1. The number of anilines is 2. The fraction of sp³-hybridized carbons (Fsp3) is 0.417. The number of ether oxygens (including phenoxy) is 1. The smallest absolute Gasteiger partial charge is 0.279 e. The van der Waals surface area contributed by atoms with Crippen molar-refractivity contribution in [2.45, 2.75) is 13.8 Å². The number of methoxy groups -OCH3 is 1. The summed E-state index contributed by atoms with van der Waals surface area (Å²) in [7, 11) is 1.67. The van der Waals surface area contributed by atoms with Crippen molar-refractivity contribution in [3.63, 3.8) is 0 Å². The summed E-state index contributed by atoms with van der Waals surface area (Å²) in [6.45, 7) is 9.29. The van der Waals surface area contributed by atoms with Crippen LogP contribution < -0.4 is 19.9 Å². The number of rotatable bonds is 8. The molecule has 1 aliphatic heterocycles. The highest BCUT2D eigenvalue weighted by molar-refractivity contribution is 5.97. The molecule has 0 spiro atoms. The molecule has 166 valence electrons. The van der Waals surface area contributed by atoms with Crippen LogP contribution >= 0.6 is 0 Å². The third-order valence-corrected chi connectivity index (χ3v) is 5.76. The Morgan fingerprint density at radius 3 is 2.35 bits per heavy atom. The summed E-state index contributed by atoms with van der Waals surface area (Å²) < 4.78 is 5.22. The number of amides is 2. The maximum absolute atomic E-state index is 12.6. The van der Waals surface area contributed by atoms with Crippen LogP contribution in [0, 0.1) is 0 Å². The first-order valence-corrected chi connectivity index (χ1v) is 11.0. The number of carbonyl (C=O) groups is 2. The molecule has 2 amide bonds. The zero-order valence-electron chi connectivity index (χ0n) is 18.7. The number of carbonyl (C=O) groups excluding carboxylic acids is 2. The Labute approximate surface area is 184 Å². The molecule has 0 bridgehead atoms. The van der Waals surface area contributed by atoms with Gasteiger partial charge in [0.1, 0.15) is 5.75 Å². The molecule has 0 unspecified atom stereocenters. The lowest BCUT2D eigenvalue weighted by atomic mass is 10.1. The van der Waals surface area contributed by atoms with Crippen LogP contribution in [0.4, 0.5) is 11.4 Å². The standard InChI is InChI=1S/C24H32N4O3/c1-4-27(5-2)24(30)19-7-6-8-20(17-19)25-23(29)18-26-13-15-28(16-14-26)21-9-11-22(31-3)12-10-21/h6-12,17H,4-5,13-16,18H2,1-3H3,(H,25,29)/p+1. The van der Waals surface area contributed by atoms with Gasteiger partial charge in [-0.15, -0.1) is 0 Å². The topological polar surface area (TPSA) is 66.3 Å². The second-order valence-electron chi connectivity index (χ2n) is 7.72. The molecule has 2 aromatic rings. The molecule has 1 heterocycles. The lowest BCUT2D eigenvalue weighted by molar-refractivity contribution is -0.892. The minimum absolute atomic E-state index is 0.0126. The first-order chi connectivity index (χ1) is 15.0. The minimum atomic E-state index is -0.0275. The molecule has 0 saturated carbocycles. The third-order valence-electron chi connectivity index (χ3n) is 5.76. The quantitative estimate of drug-likeness (QED) is 0.673. The average molecular weight is 426 g/mol. The fourth-order valence-electron chi connectivity index (χ4n) is 3.91. The summed E-state index contributed by atoms with van der Waals surface area (Å²) >= 11 is 0. The monoisotopic (exact) mass is 425 g/mol. The van der Waals surface area contributed by atoms with Crippen LogP contribution in [-0.2, 0) is 4.79 Å². The van der Waals surface area contributed by atoms with E-state index in [1.54, 1.807) is 24.1 Å². The van der Waals surface area contributed by atoms with Crippen LogP contribution in [0.25, 0.3) is 0 Å². The summed E-state index contributed by atoms with van der Waals surface area (Å²) in [5.41, 5.74) is 2.44. The highest BCUT2D eigenvalue weighted by Gasteiger charge is 2.22. The van der Waals surface area contributed by atoms with Crippen LogP contribution in [-0.4, -0.2) is 69.6 Å². The summed E-state index contributed by atoms with van der Waals surface area (Å²) in [6.07, 6.45) is 0. The predicted octanol–water partition coefficient (Wildman–Crippen LogP) is 1.52. The number of benzene rings is 2. The number of quaternary nitrogens is 1. The van der Waals surface area contributed by atoms with Gasteiger partial charge in [0.25, 0.3) is 11.8 Å². The van der Waals surface area contributed by atoms with Crippen LogP contribution in [0.1, 0.15) is 24.2 Å². The van der Waals surface area contributed by atoms with Crippen LogP contribution in [0.5, 0.6) is 5.75 Å². The minimum Gasteiger partial charge on any atom is -0.497 e. The Kier molecular flexibility index (Phi) is 7.89. The summed E-state index contributed by atoms with van der Waals surface area (Å²) in [5.74, 6) is 0.814. The molecular weight excluding hydrogens is 392 g/mol. The van der Waals surface area contributed by atoms with E-state index >= 15 is 0 Å². The van der Waals surface area contributed by atoms with Gasteiger partial charge >= 0.3 is 0 Å². The number of piperazine rings is 1. The van der Waals surface area contributed by atoms with E-state index in [0.29, 0.717) is 30.9 Å². The first-order valence-electron chi connectivity index (χ1n) is 11.0. The molecule has 3 rings (SSSR count). The summed E-state index contributed by atoms with van der Waals surface area (Å²) in [6, 6.07) is 15.3. The maximum atomic E-state index is 12.6. The van der Waals surface area contributed by atoms with E-state index in [1.165, 1.54) is 10.6 Å². The molecule has 7 nitrogen and oxygen atoms in total. The Balaban J connectivity index is 1.50. The summed E-state index contributed by atoms with van der Waals surface area (Å²) in [4.78, 5) is 30.5. The molecular formula is C24H33N4O3+. The number of nitrogens with zero attached hydrogens (tertiary/aromatic N) is 2. The van der Waals surface area contributed by atoms with E-state index in [1.807, 2.05) is 38.1 Å². The van der Waals surface area contributed by atoms with Gasteiger partial charge < -0.3 is 24.8 Å². The maximum Gasteiger partial charge on any atom is 0.279 e. The molecule has 0 aliphatic carbocycles. The van der Waals surface area contributed by atoms with Gasteiger partial charge in [-0.25, -0.2) is 0 Å². The van der Waals surface area contributed by atoms with Crippen molar-refractivity contribution in [1.29, 1.82) is 0 Å². The Morgan fingerprint density at radius 1 is 1.06 bits per heavy atom. The highest BCUT2D eigenvalue weighted by Crippen LogP contribution is 2.19. The molecule has 1 aliphatic rings. The lowest BCUT2D eigenvalue weighted by Crippen LogP contribution is -3.15. The van der Waals surface area contributed by atoms with Gasteiger partial charge in [0, 0.05) is 30.0 Å². The first kappa shape index (κ1) is 22.6. The van der Waals surface area contributed by atoms with Gasteiger partial charge in [0.05, 0.1) is 33.3 Å². The van der Waals surface area contributed by atoms with Crippen LogP contribution in [0.3, 0.4) is 0 Å². The van der Waals surface area contributed by atoms with Crippen LogP contribution in [0.15, 0.2) is 48.5 Å². The molecule has 1 fully saturated rings. The molecule has 2 N–H and O–H groups in total. The summed E-state index contributed by atoms with van der Waals surface area (Å²) in [5, 5.41) is 2.96. The van der Waals surface area contributed by atoms with Crippen molar-refractivity contribution in [1.82, 2.24) is 4.90 Å². The van der Waals surface area contributed by atoms with E-state index in [4.69, 9.17) is 4.74 Å². The number of nitrogens with one attached hydrogen (secondary N) is 2. The normalized spacial score (nSPS) is 14.2. The van der Waals surface area contributed by atoms with Crippen molar-refractivity contribution >= 4 is 23.2 Å². The zero-order chi connectivity index (χ0) is 22.2. The van der Waals surface area contributed by atoms with E-state index in [-0.39, 0.29) is 11.8 Å². The molecule has 1 saturated heterocycles. The van der Waals surface area contributed by atoms with Crippen molar-refractivity contribution in [2.24, 2.45) is 0 Å². The van der Waals surface area contributed by atoms with Gasteiger partial charge in [-0.05, 0) is 56.3 Å². The van der Waals surface area contributed by atoms with Crippen molar-refractivity contribution in [2.75, 3.05) is 63.1 Å². The van der Waals surface area contributed by atoms with E-state index < -0.39 is 0 Å². The molecule has 2 aromatic carbocycles. The molecule has 31 heavy (non-hydrogen) atoms. The van der Waals surface area contributed by atoms with Gasteiger partial charge in [-0.3, -0.25) is 9.59 Å². The van der Waals surface area contributed by atoms with Crippen molar-refractivity contribution < 1.29 is 19.2 Å². The largest absolute Gasteiger partial charge is 0.497 e. The molecule has 0 radical (unpaired) electrons. The second-order valence-corrected chi connectivity index (χ2v) is 7.72. The molecule has 0 aromatic heterocycles. The fourth-order valence-corrected chi connectivity index (χ4v) is 3.91. The Bertz CT molecular complexity index is 873. The van der Waals surface area contributed by atoms with Crippen molar-refractivity contribution in [3.8, 4) is 5.75 Å².